The molecule has 30 heavy (non-hydrogen) atoms. The summed E-state index contributed by atoms with van der Waals surface area (Å²) >= 11 is 0. The predicted octanol–water partition coefficient (Wildman–Crippen LogP) is -3.38. The van der Waals surface area contributed by atoms with Crippen molar-refractivity contribution in [3.8, 4) is 0 Å². The van der Waals surface area contributed by atoms with Crippen LogP contribution in [0.15, 0.2) is 4.42 Å². The van der Waals surface area contributed by atoms with Gasteiger partial charge in [0.25, 0.3) is 0 Å². The summed E-state index contributed by atoms with van der Waals surface area (Å²) in [5.41, 5.74) is 5.15. The number of amides is 3. The fraction of sp³-hybridized carbons (Fsp3) is 0.667. The third-order valence-electron chi connectivity index (χ3n) is 4.22. The quantitative estimate of drug-likeness (QED) is 0.200. The topological polar surface area (TPSA) is 251 Å². The van der Waals surface area contributed by atoms with Crippen molar-refractivity contribution in [1.29, 1.82) is 0 Å². The number of nitrogens with two attached hydrogens (primary N) is 1. The lowest BCUT2D eigenvalue weighted by Crippen LogP contribution is -2.52. The van der Waals surface area contributed by atoms with Gasteiger partial charge >= 0.3 is 12.0 Å². The van der Waals surface area contributed by atoms with E-state index in [9.17, 15) is 34.8 Å². The van der Waals surface area contributed by atoms with Gasteiger partial charge in [0.15, 0.2) is 12.3 Å². The lowest BCUT2D eigenvalue weighted by molar-refractivity contribution is -0.252. The third kappa shape index (κ3) is 5.83. The average molecular weight is 433 g/mol. The molecule has 3 amide bonds. The Kier molecular flexibility index (Phi) is 7.63. The van der Waals surface area contributed by atoms with Gasteiger partial charge in [0, 0.05) is 6.42 Å². The van der Waals surface area contributed by atoms with E-state index < -0.39 is 67.1 Å². The van der Waals surface area contributed by atoms with Gasteiger partial charge in [-0.3, -0.25) is 4.79 Å². The van der Waals surface area contributed by atoms with Crippen molar-refractivity contribution in [2.75, 3.05) is 0 Å². The molecule has 168 valence electrons. The Labute approximate surface area is 168 Å². The van der Waals surface area contributed by atoms with Gasteiger partial charge in [0.05, 0.1) is 18.6 Å². The summed E-state index contributed by atoms with van der Waals surface area (Å²) in [6.07, 6.45) is -7.70. The minimum atomic E-state index is -1.70. The third-order valence-corrected chi connectivity index (χ3v) is 4.22. The first-order valence-electron chi connectivity index (χ1n) is 8.78. The SMILES string of the molecule is CC(O)[C@H](NC(=O)N[C@@H](CC(N)=O)c1nnc([C@@H]2C[C@H](O)[C@@H](O)[C@H](O)O2)o1)C(=O)O. The summed E-state index contributed by atoms with van der Waals surface area (Å²) in [4.78, 5) is 34.5. The monoisotopic (exact) mass is 433 g/mol. The number of rotatable bonds is 8. The van der Waals surface area contributed by atoms with E-state index in [2.05, 4.69) is 15.5 Å². The van der Waals surface area contributed by atoms with E-state index in [-0.39, 0.29) is 18.2 Å². The number of urea groups is 1. The van der Waals surface area contributed by atoms with Crippen molar-refractivity contribution in [1.82, 2.24) is 20.8 Å². The van der Waals surface area contributed by atoms with Gasteiger partial charge in [-0.05, 0) is 6.92 Å². The van der Waals surface area contributed by atoms with Crippen LogP contribution < -0.4 is 16.4 Å². The highest BCUT2D eigenvalue weighted by Gasteiger charge is 2.39. The van der Waals surface area contributed by atoms with Crippen LogP contribution in [0.1, 0.15) is 43.7 Å². The maximum atomic E-state index is 12.1. The van der Waals surface area contributed by atoms with Gasteiger partial charge in [0.2, 0.25) is 17.7 Å². The number of hydrogen-bond donors (Lipinski definition) is 8. The summed E-state index contributed by atoms with van der Waals surface area (Å²) in [5.74, 6) is -2.84. The van der Waals surface area contributed by atoms with E-state index in [1.165, 1.54) is 0 Å². The summed E-state index contributed by atoms with van der Waals surface area (Å²) in [6.45, 7) is 1.16. The predicted molar refractivity (Wildman–Crippen MR) is 92.1 cm³/mol. The number of carboxylic acid groups (broad SMARTS) is 1. The number of hydrogen-bond acceptors (Lipinski definition) is 11. The largest absolute Gasteiger partial charge is 0.480 e. The Morgan fingerprint density at radius 1 is 1.23 bits per heavy atom. The van der Waals surface area contributed by atoms with E-state index in [1.54, 1.807) is 0 Å². The minimum Gasteiger partial charge on any atom is -0.480 e. The average Bonchev–Trinajstić information content (AvgIpc) is 3.12. The van der Waals surface area contributed by atoms with Crippen molar-refractivity contribution in [3.05, 3.63) is 11.8 Å². The Balaban J connectivity index is 2.13. The van der Waals surface area contributed by atoms with E-state index >= 15 is 0 Å². The normalized spacial score (nSPS) is 27.0. The Morgan fingerprint density at radius 2 is 1.90 bits per heavy atom. The Bertz CT molecular complexity index is 759. The molecule has 2 heterocycles. The van der Waals surface area contributed by atoms with Crippen molar-refractivity contribution in [2.45, 2.75) is 62.6 Å². The first kappa shape index (κ1) is 23.4. The molecule has 1 aromatic heterocycles. The molecule has 9 N–H and O–H groups in total. The summed E-state index contributed by atoms with van der Waals surface area (Å²) in [6, 6.07) is -3.93. The van der Waals surface area contributed by atoms with Gasteiger partial charge in [-0.2, -0.15) is 0 Å². The van der Waals surface area contributed by atoms with Crippen LogP contribution in [0.25, 0.3) is 0 Å². The second-order valence-corrected chi connectivity index (χ2v) is 6.68. The molecule has 15 heteroatoms. The second-order valence-electron chi connectivity index (χ2n) is 6.68. The number of nitrogens with one attached hydrogen (secondary N) is 2. The van der Waals surface area contributed by atoms with Crippen molar-refractivity contribution >= 4 is 17.9 Å². The van der Waals surface area contributed by atoms with Crippen molar-refractivity contribution in [3.63, 3.8) is 0 Å². The summed E-state index contributed by atoms with van der Waals surface area (Å²) in [7, 11) is 0. The number of ether oxygens (including phenoxy) is 1. The highest BCUT2D eigenvalue weighted by atomic mass is 16.6. The highest BCUT2D eigenvalue weighted by molar-refractivity contribution is 5.83. The maximum absolute atomic E-state index is 12.1. The molecule has 0 radical (unpaired) electrons. The molecule has 0 spiro atoms. The molecule has 0 aromatic carbocycles. The standard InChI is InChI=1S/C15H23N5O10/c1-4(21)9(13(25)26)18-15(28)17-5(2-8(16)23)11-19-20-12(30-11)7-3-6(22)10(24)14(27)29-7/h4-7,9-10,14,21-22,24,27H,2-3H2,1H3,(H2,16,23)(H,25,26)(H2,17,18,28)/t4?,5-,6-,7-,9-,10+,14+/m0/s1. The second kappa shape index (κ2) is 9.77. The number of nitrogens with zero attached hydrogens (tertiary/aromatic N) is 2. The number of carbonyl (C=O) groups excluding carboxylic acids is 2. The van der Waals surface area contributed by atoms with Gasteiger partial charge in [-0.1, -0.05) is 0 Å². The number of primary amides is 1. The molecule has 1 saturated heterocycles. The van der Waals surface area contributed by atoms with Crippen LogP contribution in [0.2, 0.25) is 0 Å². The molecule has 1 aromatic rings. The summed E-state index contributed by atoms with van der Waals surface area (Å²) in [5, 5.41) is 58.9. The number of carboxylic acids is 1. The molecule has 1 fully saturated rings. The van der Waals surface area contributed by atoms with E-state index in [4.69, 9.17) is 20.0 Å². The minimum absolute atomic E-state index is 0.178. The molecule has 0 saturated carbocycles. The number of aliphatic hydroxyl groups is 4. The molecule has 0 bridgehead atoms. The van der Waals surface area contributed by atoms with Gasteiger partial charge in [-0.25, -0.2) is 9.59 Å². The summed E-state index contributed by atoms with van der Waals surface area (Å²) < 4.78 is 10.4. The van der Waals surface area contributed by atoms with E-state index in [1.807, 2.05) is 5.32 Å². The molecule has 1 aliphatic heterocycles. The van der Waals surface area contributed by atoms with Crippen LogP contribution in [0.5, 0.6) is 0 Å². The highest BCUT2D eigenvalue weighted by Crippen LogP contribution is 2.31. The van der Waals surface area contributed by atoms with Crippen molar-refractivity contribution in [2.24, 2.45) is 5.73 Å². The van der Waals surface area contributed by atoms with Crippen LogP contribution in [-0.2, 0) is 14.3 Å². The molecule has 2 rings (SSSR count). The van der Waals surface area contributed by atoms with Crippen LogP contribution in [-0.4, -0.2) is 84.3 Å². The van der Waals surface area contributed by atoms with Crippen LogP contribution in [0.3, 0.4) is 0 Å². The smallest absolute Gasteiger partial charge is 0.328 e. The molecule has 7 atom stereocenters. The van der Waals surface area contributed by atoms with Gasteiger partial charge in [-0.15, -0.1) is 10.2 Å². The number of aliphatic carboxylic acids is 1. The maximum Gasteiger partial charge on any atom is 0.328 e. The zero-order chi connectivity index (χ0) is 22.6. The fourth-order valence-electron chi connectivity index (χ4n) is 2.66. The van der Waals surface area contributed by atoms with Crippen LogP contribution in [0, 0.1) is 0 Å². The van der Waals surface area contributed by atoms with Gasteiger partial charge < -0.3 is 51.1 Å². The molecular formula is C15H23N5O10. The molecule has 1 aliphatic rings. The number of carbonyl (C=O) groups is 3. The Morgan fingerprint density at radius 3 is 2.43 bits per heavy atom. The zero-order valence-corrected chi connectivity index (χ0v) is 15.7. The molecule has 1 unspecified atom stereocenters. The lowest BCUT2D eigenvalue weighted by atomic mass is 10.0. The molecular weight excluding hydrogens is 410 g/mol. The number of aromatic nitrogens is 2. The van der Waals surface area contributed by atoms with E-state index in [0.29, 0.717) is 0 Å². The number of aliphatic hydroxyl groups excluding tert-OH is 4. The lowest BCUT2D eigenvalue weighted by Gasteiger charge is -2.32. The first-order valence-corrected chi connectivity index (χ1v) is 8.78. The fourth-order valence-corrected chi connectivity index (χ4v) is 2.66. The molecule has 15 nitrogen and oxygen atoms in total. The molecule has 0 aliphatic carbocycles. The van der Waals surface area contributed by atoms with E-state index in [0.717, 1.165) is 6.92 Å². The zero-order valence-electron chi connectivity index (χ0n) is 15.7. The van der Waals surface area contributed by atoms with Crippen LogP contribution >= 0.6 is 0 Å². The van der Waals surface area contributed by atoms with Crippen molar-refractivity contribution < 1.29 is 49.1 Å². The van der Waals surface area contributed by atoms with Crippen LogP contribution in [0.4, 0.5) is 4.79 Å². The first-order chi connectivity index (χ1) is 14.0. The van der Waals surface area contributed by atoms with Gasteiger partial charge in [0.1, 0.15) is 18.2 Å². The Hall–Kier alpha value is -2.85.